The number of hydrogen-bond acceptors (Lipinski definition) is 4. The zero-order chi connectivity index (χ0) is 13.5. The highest BCUT2D eigenvalue weighted by molar-refractivity contribution is 7.98. The van der Waals surface area contributed by atoms with E-state index in [4.69, 9.17) is 4.74 Å². The van der Waals surface area contributed by atoms with E-state index < -0.39 is 0 Å². The van der Waals surface area contributed by atoms with Gasteiger partial charge in [0.05, 0.1) is 18.0 Å². The predicted molar refractivity (Wildman–Crippen MR) is 78.9 cm³/mol. The van der Waals surface area contributed by atoms with Crippen molar-refractivity contribution in [2.24, 2.45) is 0 Å². The Morgan fingerprint density at radius 2 is 2.26 bits per heavy atom. The molecule has 0 unspecified atom stereocenters. The van der Waals surface area contributed by atoms with Crippen LogP contribution < -0.4 is 5.32 Å². The van der Waals surface area contributed by atoms with Crippen molar-refractivity contribution in [2.45, 2.75) is 11.4 Å². The molecule has 1 aromatic carbocycles. The van der Waals surface area contributed by atoms with E-state index in [9.17, 15) is 0 Å². The number of rotatable bonds is 7. The van der Waals surface area contributed by atoms with Crippen LogP contribution in [0.2, 0.25) is 0 Å². The summed E-state index contributed by atoms with van der Waals surface area (Å²) in [5, 5.41) is 7.84. The summed E-state index contributed by atoms with van der Waals surface area (Å²) in [7, 11) is 1.70. The number of benzene rings is 1. The topological polar surface area (TPSA) is 39.1 Å². The van der Waals surface area contributed by atoms with Gasteiger partial charge in [0.15, 0.2) is 0 Å². The smallest absolute Gasteiger partial charge is 0.0766 e. The third-order valence-electron chi connectivity index (χ3n) is 2.75. The third kappa shape index (κ3) is 4.09. The molecule has 0 radical (unpaired) electrons. The Balaban J connectivity index is 1.99. The van der Waals surface area contributed by atoms with Crippen molar-refractivity contribution in [3.63, 3.8) is 0 Å². The Morgan fingerprint density at radius 3 is 3.05 bits per heavy atom. The maximum absolute atomic E-state index is 4.99. The largest absolute Gasteiger partial charge is 0.383 e. The van der Waals surface area contributed by atoms with Crippen molar-refractivity contribution in [3.8, 4) is 5.69 Å². The summed E-state index contributed by atoms with van der Waals surface area (Å²) < 4.78 is 6.90. The van der Waals surface area contributed by atoms with Gasteiger partial charge in [-0.25, -0.2) is 4.68 Å². The molecular weight excluding hydrogens is 258 g/mol. The van der Waals surface area contributed by atoms with Gasteiger partial charge < -0.3 is 10.1 Å². The SMILES string of the molecule is COCCNCc1ccn(-c2cccc(SC)c2)n1. The van der Waals surface area contributed by atoms with Crippen LogP contribution in [0.1, 0.15) is 5.69 Å². The Hall–Kier alpha value is -1.30. The lowest BCUT2D eigenvalue weighted by Crippen LogP contribution is -2.18. The highest BCUT2D eigenvalue weighted by Gasteiger charge is 2.01. The standard InChI is InChI=1S/C14H19N3OS/c1-18-9-7-15-11-12-6-8-17(16-12)13-4-3-5-14(10-13)19-2/h3-6,8,10,15H,7,9,11H2,1-2H3. The van der Waals surface area contributed by atoms with Gasteiger partial charge in [0.25, 0.3) is 0 Å². The number of aromatic nitrogens is 2. The first-order chi connectivity index (χ1) is 9.33. The van der Waals surface area contributed by atoms with E-state index in [1.165, 1.54) is 4.90 Å². The molecule has 0 bridgehead atoms. The van der Waals surface area contributed by atoms with Crippen molar-refractivity contribution >= 4 is 11.8 Å². The van der Waals surface area contributed by atoms with Crippen molar-refractivity contribution in [1.82, 2.24) is 15.1 Å². The van der Waals surface area contributed by atoms with Gasteiger partial charge in [0.2, 0.25) is 0 Å². The van der Waals surface area contributed by atoms with Crippen LogP contribution in [0.4, 0.5) is 0 Å². The predicted octanol–water partition coefficient (Wildman–Crippen LogP) is 2.33. The maximum atomic E-state index is 4.99. The number of thioether (sulfide) groups is 1. The third-order valence-corrected chi connectivity index (χ3v) is 3.48. The molecule has 1 aromatic heterocycles. The summed E-state index contributed by atoms with van der Waals surface area (Å²) in [6.07, 6.45) is 4.07. The molecule has 5 heteroatoms. The maximum Gasteiger partial charge on any atom is 0.0766 e. The first kappa shape index (κ1) is 14.1. The van der Waals surface area contributed by atoms with Gasteiger partial charge in [-0.2, -0.15) is 5.10 Å². The average molecular weight is 277 g/mol. The molecule has 0 atom stereocenters. The van der Waals surface area contributed by atoms with Gasteiger partial charge in [-0.15, -0.1) is 11.8 Å². The number of nitrogens with zero attached hydrogens (tertiary/aromatic N) is 2. The fourth-order valence-corrected chi connectivity index (χ4v) is 2.20. The monoisotopic (exact) mass is 277 g/mol. The highest BCUT2D eigenvalue weighted by atomic mass is 32.2. The van der Waals surface area contributed by atoms with Crippen LogP contribution in [0, 0.1) is 0 Å². The van der Waals surface area contributed by atoms with Crippen molar-refractivity contribution in [1.29, 1.82) is 0 Å². The zero-order valence-electron chi connectivity index (χ0n) is 11.3. The van der Waals surface area contributed by atoms with E-state index in [-0.39, 0.29) is 0 Å². The molecule has 2 rings (SSSR count). The molecule has 0 amide bonds. The molecule has 1 N–H and O–H groups in total. The van der Waals surface area contributed by atoms with Gasteiger partial charge in [-0.05, 0) is 30.5 Å². The molecule has 0 saturated carbocycles. The normalized spacial score (nSPS) is 10.8. The van der Waals surface area contributed by atoms with Crippen LogP contribution in [-0.4, -0.2) is 36.3 Å². The lowest BCUT2D eigenvalue weighted by molar-refractivity contribution is 0.199. The van der Waals surface area contributed by atoms with E-state index in [1.807, 2.05) is 16.9 Å². The Kier molecular flexibility index (Phi) is 5.44. The summed E-state index contributed by atoms with van der Waals surface area (Å²) in [5.74, 6) is 0. The Morgan fingerprint density at radius 1 is 1.37 bits per heavy atom. The van der Waals surface area contributed by atoms with Crippen LogP contribution in [0.15, 0.2) is 41.4 Å². The number of nitrogens with one attached hydrogen (secondary N) is 1. The van der Waals surface area contributed by atoms with Crippen LogP contribution in [-0.2, 0) is 11.3 Å². The van der Waals surface area contributed by atoms with Gasteiger partial charge in [0, 0.05) is 31.3 Å². The van der Waals surface area contributed by atoms with Crippen LogP contribution in [0.3, 0.4) is 0 Å². The molecule has 19 heavy (non-hydrogen) atoms. The quantitative estimate of drug-likeness (QED) is 0.623. The second kappa shape index (κ2) is 7.33. The second-order valence-corrected chi connectivity index (χ2v) is 5.00. The van der Waals surface area contributed by atoms with Gasteiger partial charge in [-0.3, -0.25) is 0 Å². The Labute approximate surface area is 118 Å². The van der Waals surface area contributed by atoms with Crippen LogP contribution in [0.25, 0.3) is 5.69 Å². The zero-order valence-corrected chi connectivity index (χ0v) is 12.1. The first-order valence-electron chi connectivity index (χ1n) is 6.22. The van der Waals surface area contributed by atoms with Crippen molar-refractivity contribution in [2.75, 3.05) is 26.5 Å². The summed E-state index contributed by atoms with van der Waals surface area (Å²) >= 11 is 1.74. The molecular formula is C14H19N3OS. The second-order valence-electron chi connectivity index (χ2n) is 4.12. The molecule has 2 aromatic rings. The van der Waals surface area contributed by atoms with E-state index in [2.05, 4.69) is 40.9 Å². The number of hydrogen-bond donors (Lipinski definition) is 1. The average Bonchev–Trinajstić information content (AvgIpc) is 2.92. The minimum atomic E-state index is 0.719. The van der Waals surface area contributed by atoms with Gasteiger partial charge in [0.1, 0.15) is 0 Å². The molecule has 1 heterocycles. The van der Waals surface area contributed by atoms with Crippen LogP contribution in [0.5, 0.6) is 0 Å². The molecule has 0 spiro atoms. The molecule has 0 aliphatic heterocycles. The van der Waals surface area contributed by atoms with Gasteiger partial charge >= 0.3 is 0 Å². The van der Waals surface area contributed by atoms with E-state index in [0.29, 0.717) is 0 Å². The lowest BCUT2D eigenvalue weighted by Gasteiger charge is -2.04. The first-order valence-corrected chi connectivity index (χ1v) is 7.44. The summed E-state index contributed by atoms with van der Waals surface area (Å²) in [6, 6.07) is 10.4. The fraction of sp³-hybridized carbons (Fsp3) is 0.357. The molecule has 0 aliphatic rings. The number of methoxy groups -OCH3 is 1. The Bertz CT molecular complexity index is 513. The summed E-state index contributed by atoms with van der Waals surface area (Å²) in [6.45, 7) is 2.32. The van der Waals surface area contributed by atoms with E-state index >= 15 is 0 Å². The summed E-state index contributed by atoms with van der Waals surface area (Å²) in [5.41, 5.74) is 2.13. The van der Waals surface area contributed by atoms with Crippen LogP contribution >= 0.6 is 11.8 Å². The van der Waals surface area contributed by atoms with E-state index in [1.54, 1.807) is 18.9 Å². The fourth-order valence-electron chi connectivity index (χ4n) is 1.74. The minimum absolute atomic E-state index is 0.719. The molecule has 0 fully saturated rings. The van der Waals surface area contributed by atoms with Gasteiger partial charge in [-0.1, -0.05) is 6.07 Å². The number of ether oxygens (including phenoxy) is 1. The molecule has 4 nitrogen and oxygen atoms in total. The molecule has 0 saturated heterocycles. The minimum Gasteiger partial charge on any atom is -0.383 e. The highest BCUT2D eigenvalue weighted by Crippen LogP contribution is 2.18. The molecule has 102 valence electrons. The summed E-state index contributed by atoms with van der Waals surface area (Å²) in [4.78, 5) is 1.24. The lowest BCUT2D eigenvalue weighted by atomic mass is 10.3. The van der Waals surface area contributed by atoms with Crippen molar-refractivity contribution in [3.05, 3.63) is 42.2 Å². The molecule has 0 aliphatic carbocycles. The van der Waals surface area contributed by atoms with E-state index in [0.717, 1.165) is 31.1 Å². The van der Waals surface area contributed by atoms with Crippen molar-refractivity contribution < 1.29 is 4.74 Å².